The van der Waals surface area contributed by atoms with Gasteiger partial charge in [0, 0.05) is 7.11 Å². The van der Waals surface area contributed by atoms with Crippen LogP contribution >= 0.6 is 0 Å². The SMILES string of the molecule is COCC(=O)NCC#CCOc1ccccc1C. The summed E-state index contributed by atoms with van der Waals surface area (Å²) in [5, 5.41) is 2.60. The van der Waals surface area contributed by atoms with E-state index < -0.39 is 0 Å². The summed E-state index contributed by atoms with van der Waals surface area (Å²) in [4.78, 5) is 11.0. The molecule has 0 radical (unpaired) electrons. The average Bonchev–Trinajstić information content (AvgIpc) is 2.36. The third-order valence-electron chi connectivity index (χ3n) is 2.17. The minimum Gasteiger partial charge on any atom is -0.481 e. The highest BCUT2D eigenvalue weighted by atomic mass is 16.5. The number of hydrogen-bond acceptors (Lipinski definition) is 3. The summed E-state index contributed by atoms with van der Waals surface area (Å²) < 4.78 is 10.1. The minimum absolute atomic E-state index is 0.0569. The van der Waals surface area contributed by atoms with Crippen LogP contribution in [-0.2, 0) is 9.53 Å². The van der Waals surface area contributed by atoms with E-state index >= 15 is 0 Å². The molecule has 0 aromatic heterocycles. The zero-order valence-corrected chi connectivity index (χ0v) is 10.7. The third-order valence-corrected chi connectivity index (χ3v) is 2.17. The molecule has 96 valence electrons. The lowest BCUT2D eigenvalue weighted by molar-refractivity contribution is -0.124. The van der Waals surface area contributed by atoms with E-state index in [-0.39, 0.29) is 12.5 Å². The van der Waals surface area contributed by atoms with Crippen molar-refractivity contribution in [3.05, 3.63) is 29.8 Å². The molecule has 0 heterocycles. The van der Waals surface area contributed by atoms with Gasteiger partial charge in [-0.2, -0.15) is 0 Å². The lowest BCUT2D eigenvalue weighted by Crippen LogP contribution is -2.27. The smallest absolute Gasteiger partial charge is 0.246 e. The van der Waals surface area contributed by atoms with Crippen molar-refractivity contribution in [1.82, 2.24) is 5.32 Å². The molecule has 0 saturated carbocycles. The van der Waals surface area contributed by atoms with Gasteiger partial charge in [-0.15, -0.1) is 0 Å². The number of amides is 1. The molecule has 0 aliphatic carbocycles. The van der Waals surface area contributed by atoms with Crippen LogP contribution in [0.1, 0.15) is 5.56 Å². The van der Waals surface area contributed by atoms with Crippen LogP contribution < -0.4 is 10.1 Å². The predicted molar refractivity (Wildman–Crippen MR) is 69.3 cm³/mol. The Hall–Kier alpha value is -1.99. The fourth-order valence-corrected chi connectivity index (χ4v) is 1.27. The van der Waals surface area contributed by atoms with E-state index in [0.717, 1.165) is 11.3 Å². The van der Waals surface area contributed by atoms with Crippen LogP contribution in [0.5, 0.6) is 5.75 Å². The maximum Gasteiger partial charge on any atom is 0.246 e. The molecule has 0 bridgehead atoms. The second kappa shape index (κ2) is 8.15. The third kappa shape index (κ3) is 5.37. The molecule has 0 atom stereocenters. The molecule has 1 amide bonds. The zero-order valence-electron chi connectivity index (χ0n) is 10.7. The van der Waals surface area contributed by atoms with Gasteiger partial charge in [0.25, 0.3) is 0 Å². The van der Waals surface area contributed by atoms with Gasteiger partial charge >= 0.3 is 0 Å². The van der Waals surface area contributed by atoms with Crippen LogP contribution in [-0.4, -0.2) is 32.8 Å². The summed E-state index contributed by atoms with van der Waals surface area (Å²) in [6, 6.07) is 7.76. The van der Waals surface area contributed by atoms with E-state index in [1.54, 1.807) is 0 Å². The van der Waals surface area contributed by atoms with Gasteiger partial charge in [-0.25, -0.2) is 0 Å². The Labute approximate surface area is 107 Å². The van der Waals surface area contributed by atoms with E-state index in [0.29, 0.717) is 13.2 Å². The van der Waals surface area contributed by atoms with Crippen LogP contribution in [0.3, 0.4) is 0 Å². The fourth-order valence-electron chi connectivity index (χ4n) is 1.27. The number of carbonyl (C=O) groups excluding carboxylic acids is 1. The van der Waals surface area contributed by atoms with E-state index in [9.17, 15) is 4.79 Å². The molecule has 1 aromatic rings. The summed E-state index contributed by atoms with van der Waals surface area (Å²) in [6.07, 6.45) is 0. The van der Waals surface area contributed by atoms with Crippen molar-refractivity contribution in [3.63, 3.8) is 0 Å². The molecule has 0 aliphatic heterocycles. The molecule has 0 saturated heterocycles. The molecule has 0 spiro atoms. The van der Waals surface area contributed by atoms with E-state index in [1.807, 2.05) is 31.2 Å². The first-order chi connectivity index (χ1) is 8.74. The normalized spacial score (nSPS) is 9.22. The Morgan fingerprint density at radius 2 is 2.11 bits per heavy atom. The predicted octanol–water partition coefficient (Wildman–Crippen LogP) is 1.14. The van der Waals surface area contributed by atoms with Crippen molar-refractivity contribution in [2.45, 2.75) is 6.92 Å². The molecular formula is C14H17NO3. The Morgan fingerprint density at radius 1 is 1.33 bits per heavy atom. The average molecular weight is 247 g/mol. The second-order valence-corrected chi connectivity index (χ2v) is 3.62. The molecule has 18 heavy (non-hydrogen) atoms. The Morgan fingerprint density at radius 3 is 2.83 bits per heavy atom. The molecule has 1 rings (SSSR count). The first-order valence-corrected chi connectivity index (χ1v) is 5.64. The van der Waals surface area contributed by atoms with Crippen molar-refractivity contribution in [2.24, 2.45) is 0 Å². The monoisotopic (exact) mass is 247 g/mol. The Bertz CT molecular complexity index is 446. The number of para-hydroxylation sites is 1. The second-order valence-electron chi connectivity index (χ2n) is 3.62. The Balaban J connectivity index is 2.22. The summed E-state index contributed by atoms with van der Waals surface area (Å²) in [5.41, 5.74) is 1.08. The highest BCUT2D eigenvalue weighted by molar-refractivity contribution is 5.77. The molecule has 4 heteroatoms. The van der Waals surface area contributed by atoms with Crippen LogP contribution in [0, 0.1) is 18.8 Å². The first kappa shape index (κ1) is 14.1. The van der Waals surface area contributed by atoms with E-state index in [4.69, 9.17) is 4.74 Å². The van der Waals surface area contributed by atoms with Crippen LogP contribution in [0.25, 0.3) is 0 Å². The van der Waals surface area contributed by atoms with Gasteiger partial charge < -0.3 is 14.8 Å². The quantitative estimate of drug-likeness (QED) is 0.794. The van der Waals surface area contributed by atoms with Gasteiger partial charge in [0.05, 0.1) is 6.54 Å². The summed E-state index contributed by atoms with van der Waals surface area (Å²) >= 11 is 0. The molecule has 1 aromatic carbocycles. The van der Waals surface area contributed by atoms with Crippen molar-refractivity contribution >= 4 is 5.91 Å². The van der Waals surface area contributed by atoms with Crippen LogP contribution in [0.15, 0.2) is 24.3 Å². The summed E-state index contributed by atoms with van der Waals surface area (Å²) in [7, 11) is 1.47. The maximum absolute atomic E-state index is 11.0. The van der Waals surface area contributed by atoms with Crippen LogP contribution in [0.4, 0.5) is 0 Å². The van der Waals surface area contributed by atoms with Gasteiger partial charge in [0.15, 0.2) is 0 Å². The number of ether oxygens (including phenoxy) is 2. The molecule has 0 fully saturated rings. The van der Waals surface area contributed by atoms with Crippen molar-refractivity contribution < 1.29 is 14.3 Å². The first-order valence-electron chi connectivity index (χ1n) is 5.64. The number of nitrogens with one attached hydrogen (secondary N) is 1. The fraction of sp³-hybridized carbons (Fsp3) is 0.357. The number of methoxy groups -OCH3 is 1. The molecular weight excluding hydrogens is 230 g/mol. The summed E-state index contributed by atoms with van der Waals surface area (Å²) in [5.74, 6) is 6.29. The summed E-state index contributed by atoms with van der Waals surface area (Å²) in [6.45, 7) is 2.65. The molecule has 4 nitrogen and oxygen atoms in total. The number of carbonyl (C=O) groups is 1. The molecule has 0 unspecified atom stereocenters. The van der Waals surface area contributed by atoms with Gasteiger partial charge in [0.1, 0.15) is 19.0 Å². The number of rotatable bonds is 5. The lowest BCUT2D eigenvalue weighted by Gasteiger charge is -2.04. The van der Waals surface area contributed by atoms with Gasteiger partial charge in [-0.1, -0.05) is 30.0 Å². The van der Waals surface area contributed by atoms with E-state index in [1.165, 1.54) is 7.11 Å². The van der Waals surface area contributed by atoms with Gasteiger partial charge in [-0.05, 0) is 18.6 Å². The molecule has 1 N–H and O–H groups in total. The number of aryl methyl sites for hydroxylation is 1. The zero-order chi connectivity index (χ0) is 13.2. The highest BCUT2D eigenvalue weighted by Gasteiger charge is 1.96. The Kier molecular flexibility index (Phi) is 6.37. The topological polar surface area (TPSA) is 47.6 Å². The van der Waals surface area contributed by atoms with Gasteiger partial charge in [-0.3, -0.25) is 4.79 Å². The van der Waals surface area contributed by atoms with Crippen molar-refractivity contribution in [2.75, 3.05) is 26.9 Å². The van der Waals surface area contributed by atoms with Crippen molar-refractivity contribution in [1.29, 1.82) is 0 Å². The van der Waals surface area contributed by atoms with Crippen LogP contribution in [0.2, 0.25) is 0 Å². The minimum atomic E-state index is -0.174. The largest absolute Gasteiger partial charge is 0.481 e. The standard InChI is InChI=1S/C14H17NO3/c1-12-7-3-4-8-13(12)18-10-6-5-9-15-14(16)11-17-2/h3-4,7-8H,9-11H2,1-2H3,(H,15,16). The van der Waals surface area contributed by atoms with Crippen molar-refractivity contribution in [3.8, 4) is 17.6 Å². The maximum atomic E-state index is 11.0. The number of benzene rings is 1. The lowest BCUT2D eigenvalue weighted by atomic mass is 10.2. The van der Waals surface area contributed by atoms with E-state index in [2.05, 4.69) is 21.9 Å². The molecule has 0 aliphatic rings. The number of hydrogen-bond donors (Lipinski definition) is 1. The highest BCUT2D eigenvalue weighted by Crippen LogP contribution is 2.15. The van der Waals surface area contributed by atoms with Gasteiger partial charge in [0.2, 0.25) is 5.91 Å².